The zero-order chi connectivity index (χ0) is 21.5. The van der Waals surface area contributed by atoms with Gasteiger partial charge in [0.05, 0.1) is 10.2 Å². The Balaban J connectivity index is 1.31. The van der Waals surface area contributed by atoms with Crippen LogP contribution in [0.25, 0.3) is 15.2 Å². The predicted molar refractivity (Wildman–Crippen MR) is 118 cm³/mol. The number of hydrogen-bond acceptors (Lipinski definition) is 5. The molecule has 5 rings (SSSR count). The number of fused-ring (bicyclic) bond motifs is 3. The fourth-order valence-electron chi connectivity index (χ4n) is 4.01. The van der Waals surface area contributed by atoms with Crippen LogP contribution in [-0.2, 0) is 4.79 Å². The zero-order valence-corrected chi connectivity index (χ0v) is 17.7. The van der Waals surface area contributed by atoms with Crippen LogP contribution in [-0.4, -0.2) is 62.5 Å². The first-order valence-electron chi connectivity index (χ1n) is 10.1. The Hall–Kier alpha value is -3.52. The van der Waals surface area contributed by atoms with Crippen LogP contribution < -0.4 is 0 Å². The third kappa shape index (κ3) is 3.38. The van der Waals surface area contributed by atoms with Gasteiger partial charge in [-0.25, -0.2) is 4.98 Å². The minimum absolute atomic E-state index is 0.0629. The van der Waals surface area contributed by atoms with Gasteiger partial charge in [0.15, 0.2) is 4.96 Å². The lowest BCUT2D eigenvalue weighted by atomic mass is 10.1. The topological polar surface area (TPSA) is 75.0 Å². The lowest BCUT2D eigenvalue weighted by Gasteiger charge is -2.39. The molecule has 0 unspecified atom stereocenters. The predicted octanol–water partition coefficient (Wildman–Crippen LogP) is 3.10. The van der Waals surface area contributed by atoms with Crippen molar-refractivity contribution in [1.82, 2.24) is 19.2 Å². The second kappa shape index (κ2) is 7.63. The highest BCUT2D eigenvalue weighted by Crippen LogP contribution is 2.26. The molecule has 8 heteroatoms. The molecule has 2 aromatic carbocycles. The van der Waals surface area contributed by atoms with E-state index < -0.39 is 11.7 Å². The standard InChI is InChI=1S/C23H20N4O3S/c1-15-13-25(21(29)16-7-3-2-4-8-16)11-12-26(15)22(30)20(28)17-14-27-18-9-5-6-10-19(18)31-23(27)24-17/h2-10,14-15H,11-13H2,1H3/t15-/m1/s1. The Kier molecular flexibility index (Phi) is 4.78. The second-order valence-electron chi connectivity index (χ2n) is 7.64. The Bertz CT molecular complexity index is 1310. The average molecular weight is 433 g/mol. The summed E-state index contributed by atoms with van der Waals surface area (Å²) in [6.07, 6.45) is 1.63. The summed E-state index contributed by atoms with van der Waals surface area (Å²) in [6.45, 7) is 2.94. The van der Waals surface area contributed by atoms with Gasteiger partial charge in [-0.15, -0.1) is 0 Å². The first kappa shape index (κ1) is 19.4. The van der Waals surface area contributed by atoms with E-state index in [1.54, 1.807) is 28.1 Å². The third-order valence-corrected chi connectivity index (χ3v) is 6.66. The Morgan fingerprint density at radius 2 is 1.74 bits per heavy atom. The molecular formula is C23H20N4O3S. The maximum absolute atomic E-state index is 12.9. The van der Waals surface area contributed by atoms with Crippen LogP contribution in [0.2, 0.25) is 0 Å². The van der Waals surface area contributed by atoms with Crippen LogP contribution in [0.4, 0.5) is 0 Å². The average Bonchev–Trinajstić information content (AvgIpc) is 3.36. The molecular weight excluding hydrogens is 412 g/mol. The van der Waals surface area contributed by atoms with Gasteiger partial charge in [-0.05, 0) is 31.2 Å². The van der Waals surface area contributed by atoms with E-state index in [1.807, 2.05) is 53.8 Å². The Morgan fingerprint density at radius 1 is 1.00 bits per heavy atom. The van der Waals surface area contributed by atoms with Crippen LogP contribution in [0.15, 0.2) is 60.8 Å². The van der Waals surface area contributed by atoms with Crippen LogP contribution in [0, 0.1) is 0 Å². The lowest BCUT2D eigenvalue weighted by molar-refractivity contribution is -0.130. The third-order valence-electron chi connectivity index (χ3n) is 5.62. The number of piperazine rings is 1. The van der Waals surface area contributed by atoms with E-state index in [2.05, 4.69) is 4.98 Å². The van der Waals surface area contributed by atoms with Crippen molar-refractivity contribution in [3.05, 3.63) is 72.1 Å². The van der Waals surface area contributed by atoms with Crippen LogP contribution in [0.5, 0.6) is 0 Å². The number of imidazole rings is 1. The van der Waals surface area contributed by atoms with Gasteiger partial charge in [-0.2, -0.15) is 0 Å². The quantitative estimate of drug-likeness (QED) is 0.368. The van der Waals surface area contributed by atoms with Gasteiger partial charge in [0, 0.05) is 37.4 Å². The number of ketones is 1. The van der Waals surface area contributed by atoms with Gasteiger partial charge in [-0.1, -0.05) is 41.7 Å². The molecule has 3 heterocycles. The minimum atomic E-state index is -0.616. The molecule has 0 bridgehead atoms. The largest absolute Gasteiger partial charge is 0.335 e. The second-order valence-corrected chi connectivity index (χ2v) is 8.65. The molecule has 31 heavy (non-hydrogen) atoms. The van der Waals surface area contributed by atoms with E-state index in [0.29, 0.717) is 30.2 Å². The molecule has 1 atom stereocenters. The van der Waals surface area contributed by atoms with Crippen molar-refractivity contribution in [2.24, 2.45) is 0 Å². The highest BCUT2D eigenvalue weighted by atomic mass is 32.1. The molecule has 0 N–H and O–H groups in total. The van der Waals surface area contributed by atoms with Crippen molar-refractivity contribution in [2.75, 3.05) is 19.6 Å². The maximum Gasteiger partial charge on any atom is 0.297 e. The van der Waals surface area contributed by atoms with E-state index in [4.69, 9.17) is 0 Å². The van der Waals surface area contributed by atoms with E-state index >= 15 is 0 Å². The number of carbonyl (C=O) groups excluding carboxylic acids is 3. The summed E-state index contributed by atoms with van der Waals surface area (Å²) in [5.41, 5.74) is 1.73. The van der Waals surface area contributed by atoms with Gasteiger partial charge in [-0.3, -0.25) is 18.8 Å². The summed E-state index contributed by atoms with van der Waals surface area (Å²) in [7, 11) is 0. The molecule has 1 aliphatic rings. The van der Waals surface area contributed by atoms with Gasteiger partial charge >= 0.3 is 0 Å². The number of nitrogens with zero attached hydrogens (tertiary/aromatic N) is 4. The number of rotatable bonds is 3. The summed E-state index contributed by atoms with van der Waals surface area (Å²) in [6, 6.07) is 16.7. The number of hydrogen-bond donors (Lipinski definition) is 0. The van der Waals surface area contributed by atoms with Gasteiger partial charge in [0.1, 0.15) is 5.69 Å². The van der Waals surface area contributed by atoms with Crippen molar-refractivity contribution in [3.8, 4) is 0 Å². The first-order chi connectivity index (χ1) is 15.0. The van der Waals surface area contributed by atoms with Crippen molar-refractivity contribution in [2.45, 2.75) is 13.0 Å². The summed E-state index contributed by atoms with van der Waals surface area (Å²) in [5, 5.41) is 0. The van der Waals surface area contributed by atoms with Crippen molar-refractivity contribution < 1.29 is 14.4 Å². The monoisotopic (exact) mass is 432 g/mol. The van der Waals surface area contributed by atoms with Crippen molar-refractivity contribution >= 4 is 44.1 Å². The Labute approximate surface area is 182 Å². The summed E-state index contributed by atoms with van der Waals surface area (Å²) < 4.78 is 2.92. The normalized spacial score (nSPS) is 16.7. The van der Waals surface area contributed by atoms with E-state index in [9.17, 15) is 14.4 Å². The molecule has 2 amide bonds. The summed E-state index contributed by atoms with van der Waals surface area (Å²) in [5.74, 6) is -1.25. The summed E-state index contributed by atoms with van der Waals surface area (Å²) >= 11 is 1.48. The number of para-hydroxylation sites is 1. The fraction of sp³-hybridized carbons (Fsp3) is 0.217. The molecule has 2 aromatic heterocycles. The maximum atomic E-state index is 12.9. The smallest absolute Gasteiger partial charge is 0.297 e. The number of Topliss-reactive ketones (excluding diaryl/α,β-unsaturated/α-hetero) is 1. The highest BCUT2D eigenvalue weighted by Gasteiger charge is 2.34. The van der Waals surface area contributed by atoms with E-state index in [0.717, 1.165) is 10.2 Å². The number of benzene rings is 2. The molecule has 0 saturated carbocycles. The molecule has 156 valence electrons. The van der Waals surface area contributed by atoms with E-state index in [-0.39, 0.29) is 17.6 Å². The van der Waals surface area contributed by atoms with Crippen LogP contribution >= 0.6 is 11.3 Å². The van der Waals surface area contributed by atoms with Gasteiger partial charge in [0.2, 0.25) is 0 Å². The van der Waals surface area contributed by atoms with Crippen molar-refractivity contribution in [1.29, 1.82) is 0 Å². The molecule has 0 spiro atoms. The highest BCUT2D eigenvalue weighted by molar-refractivity contribution is 7.23. The molecule has 1 aliphatic heterocycles. The Morgan fingerprint density at radius 3 is 2.52 bits per heavy atom. The number of thiazole rings is 1. The van der Waals surface area contributed by atoms with Crippen LogP contribution in [0.1, 0.15) is 27.8 Å². The fourth-order valence-corrected chi connectivity index (χ4v) is 5.01. The van der Waals surface area contributed by atoms with Gasteiger partial charge in [0.25, 0.3) is 17.6 Å². The number of aromatic nitrogens is 2. The van der Waals surface area contributed by atoms with Crippen LogP contribution in [0.3, 0.4) is 0 Å². The van der Waals surface area contributed by atoms with Crippen molar-refractivity contribution in [3.63, 3.8) is 0 Å². The lowest BCUT2D eigenvalue weighted by Crippen LogP contribution is -2.56. The SMILES string of the molecule is C[C@@H]1CN(C(=O)c2ccccc2)CCN1C(=O)C(=O)c1cn2c(n1)sc1ccccc12. The first-order valence-corrected chi connectivity index (χ1v) is 10.9. The number of carbonyl (C=O) groups is 3. The molecule has 1 fully saturated rings. The molecule has 7 nitrogen and oxygen atoms in total. The van der Waals surface area contributed by atoms with E-state index in [1.165, 1.54) is 11.3 Å². The molecule has 1 saturated heterocycles. The van der Waals surface area contributed by atoms with Gasteiger partial charge < -0.3 is 9.80 Å². The molecule has 0 aliphatic carbocycles. The number of amides is 2. The minimum Gasteiger partial charge on any atom is -0.335 e. The molecule has 4 aromatic rings. The molecule has 0 radical (unpaired) electrons. The summed E-state index contributed by atoms with van der Waals surface area (Å²) in [4.78, 5) is 46.9. The zero-order valence-electron chi connectivity index (χ0n) is 16.9.